The lowest BCUT2D eigenvalue weighted by Crippen LogP contribution is -2.34. The minimum atomic E-state index is 0.606. The predicted molar refractivity (Wildman–Crippen MR) is 75.6 cm³/mol. The first-order valence-corrected chi connectivity index (χ1v) is 7.49. The number of nitrogens with zero attached hydrogens (tertiary/aromatic N) is 2. The molecule has 0 aliphatic heterocycles. The van der Waals surface area contributed by atoms with Crippen molar-refractivity contribution in [3.63, 3.8) is 0 Å². The Morgan fingerprint density at radius 1 is 1.44 bits per heavy atom. The summed E-state index contributed by atoms with van der Waals surface area (Å²) < 4.78 is 2.15. The van der Waals surface area contributed by atoms with Crippen LogP contribution in [0.15, 0.2) is 12.4 Å². The first kappa shape index (κ1) is 13.6. The highest BCUT2D eigenvalue weighted by atomic mass is 15.0. The quantitative estimate of drug-likeness (QED) is 0.805. The minimum Gasteiger partial charge on any atom is -0.338 e. The minimum absolute atomic E-state index is 0.606. The smallest absolute Gasteiger partial charge is 0.109 e. The number of hydrogen-bond donors (Lipinski definition) is 1. The second kappa shape index (κ2) is 6.93. The van der Waals surface area contributed by atoms with Crippen LogP contribution in [0.4, 0.5) is 0 Å². The van der Waals surface area contributed by atoms with E-state index in [1.54, 1.807) is 0 Å². The van der Waals surface area contributed by atoms with Gasteiger partial charge in [-0.2, -0.15) is 0 Å². The van der Waals surface area contributed by atoms with Crippen LogP contribution in [-0.2, 0) is 13.5 Å². The Morgan fingerprint density at radius 3 is 2.83 bits per heavy atom. The molecule has 1 N–H and O–H groups in total. The highest BCUT2D eigenvalue weighted by Crippen LogP contribution is 2.29. The highest BCUT2D eigenvalue weighted by Gasteiger charge is 2.20. The van der Waals surface area contributed by atoms with Gasteiger partial charge in [0.1, 0.15) is 5.82 Å². The van der Waals surface area contributed by atoms with Crippen LogP contribution in [0.25, 0.3) is 0 Å². The number of aryl methyl sites for hydroxylation is 1. The third kappa shape index (κ3) is 3.84. The highest BCUT2D eigenvalue weighted by molar-refractivity contribution is 4.95. The monoisotopic (exact) mass is 249 g/mol. The Kier molecular flexibility index (Phi) is 5.24. The molecule has 18 heavy (non-hydrogen) atoms. The summed E-state index contributed by atoms with van der Waals surface area (Å²) in [6.07, 6.45) is 13.3. The summed E-state index contributed by atoms with van der Waals surface area (Å²) in [5.41, 5.74) is 0. The summed E-state index contributed by atoms with van der Waals surface area (Å²) in [6.45, 7) is 3.36. The molecule has 0 aromatic carbocycles. The summed E-state index contributed by atoms with van der Waals surface area (Å²) in [7, 11) is 2.09. The third-order valence-electron chi connectivity index (χ3n) is 4.13. The zero-order valence-corrected chi connectivity index (χ0v) is 11.9. The average Bonchev–Trinajstić information content (AvgIpc) is 2.99. The zero-order chi connectivity index (χ0) is 12.8. The molecule has 2 rings (SSSR count). The van der Waals surface area contributed by atoms with E-state index in [0.29, 0.717) is 6.04 Å². The van der Waals surface area contributed by atoms with E-state index in [9.17, 15) is 0 Å². The van der Waals surface area contributed by atoms with Crippen molar-refractivity contribution in [3.05, 3.63) is 18.2 Å². The molecule has 0 radical (unpaired) electrons. The van der Waals surface area contributed by atoms with Crippen molar-refractivity contribution in [3.8, 4) is 0 Å². The topological polar surface area (TPSA) is 29.9 Å². The van der Waals surface area contributed by atoms with Gasteiger partial charge >= 0.3 is 0 Å². The standard InChI is InChI=1S/C15H27N3/c1-3-8-16-14(11-13-6-4-5-7-13)12-15-17-9-10-18(15)2/h9-10,13-14,16H,3-8,11-12H2,1-2H3. The summed E-state index contributed by atoms with van der Waals surface area (Å²) in [5.74, 6) is 2.15. The molecular formula is C15H27N3. The van der Waals surface area contributed by atoms with Gasteiger partial charge in [-0.1, -0.05) is 32.6 Å². The first-order valence-electron chi connectivity index (χ1n) is 7.49. The van der Waals surface area contributed by atoms with E-state index < -0.39 is 0 Å². The fourth-order valence-corrected chi connectivity index (χ4v) is 3.05. The van der Waals surface area contributed by atoms with Gasteiger partial charge in [-0.05, 0) is 25.3 Å². The van der Waals surface area contributed by atoms with Crippen molar-refractivity contribution in [1.82, 2.24) is 14.9 Å². The van der Waals surface area contributed by atoms with Gasteiger partial charge in [-0.25, -0.2) is 4.98 Å². The fourth-order valence-electron chi connectivity index (χ4n) is 3.05. The lowest BCUT2D eigenvalue weighted by Gasteiger charge is -2.21. The third-order valence-corrected chi connectivity index (χ3v) is 4.13. The molecule has 1 aliphatic rings. The van der Waals surface area contributed by atoms with Crippen LogP contribution in [0.1, 0.15) is 51.3 Å². The van der Waals surface area contributed by atoms with Gasteiger partial charge in [-0.15, -0.1) is 0 Å². The van der Waals surface area contributed by atoms with Crippen molar-refractivity contribution in [1.29, 1.82) is 0 Å². The molecule has 1 unspecified atom stereocenters. The van der Waals surface area contributed by atoms with E-state index in [-0.39, 0.29) is 0 Å². The number of hydrogen-bond acceptors (Lipinski definition) is 2. The molecule has 0 saturated heterocycles. The van der Waals surface area contributed by atoms with E-state index in [1.807, 2.05) is 12.4 Å². The maximum atomic E-state index is 4.46. The maximum absolute atomic E-state index is 4.46. The number of aromatic nitrogens is 2. The zero-order valence-electron chi connectivity index (χ0n) is 11.9. The largest absolute Gasteiger partial charge is 0.338 e. The van der Waals surface area contributed by atoms with Crippen molar-refractivity contribution >= 4 is 0 Å². The summed E-state index contributed by atoms with van der Waals surface area (Å²) in [4.78, 5) is 4.46. The van der Waals surface area contributed by atoms with E-state index in [2.05, 4.69) is 28.8 Å². The Hall–Kier alpha value is -0.830. The summed E-state index contributed by atoms with van der Waals surface area (Å²) in [5, 5.41) is 3.71. The molecule has 0 bridgehead atoms. The molecule has 0 amide bonds. The predicted octanol–water partition coefficient (Wildman–Crippen LogP) is 2.91. The molecular weight excluding hydrogens is 222 g/mol. The van der Waals surface area contributed by atoms with Gasteiger partial charge in [-0.3, -0.25) is 0 Å². The Labute approximate surface area is 111 Å². The van der Waals surface area contributed by atoms with Crippen molar-refractivity contribution in [2.75, 3.05) is 6.54 Å². The van der Waals surface area contributed by atoms with Gasteiger partial charge < -0.3 is 9.88 Å². The van der Waals surface area contributed by atoms with Gasteiger partial charge in [0.05, 0.1) is 0 Å². The van der Waals surface area contributed by atoms with E-state index in [0.717, 1.165) is 18.9 Å². The van der Waals surface area contributed by atoms with Crippen molar-refractivity contribution in [2.24, 2.45) is 13.0 Å². The number of imidazole rings is 1. The van der Waals surface area contributed by atoms with Crippen LogP contribution in [0, 0.1) is 5.92 Å². The Bertz CT molecular complexity index is 339. The molecule has 1 atom stereocenters. The molecule has 0 spiro atoms. The Balaban J connectivity index is 1.89. The number of nitrogens with one attached hydrogen (secondary N) is 1. The number of rotatable bonds is 7. The second-order valence-electron chi connectivity index (χ2n) is 5.70. The molecule has 1 aromatic rings. The maximum Gasteiger partial charge on any atom is 0.109 e. The van der Waals surface area contributed by atoms with Crippen LogP contribution in [0.3, 0.4) is 0 Å². The van der Waals surface area contributed by atoms with E-state index in [4.69, 9.17) is 0 Å². The normalized spacial score (nSPS) is 18.3. The molecule has 1 aromatic heterocycles. The van der Waals surface area contributed by atoms with Crippen LogP contribution < -0.4 is 5.32 Å². The van der Waals surface area contributed by atoms with Crippen LogP contribution in [-0.4, -0.2) is 22.1 Å². The molecule has 1 fully saturated rings. The van der Waals surface area contributed by atoms with Crippen molar-refractivity contribution < 1.29 is 0 Å². The molecule has 1 saturated carbocycles. The Morgan fingerprint density at radius 2 is 2.22 bits per heavy atom. The van der Waals surface area contributed by atoms with Crippen LogP contribution in [0.5, 0.6) is 0 Å². The SMILES string of the molecule is CCCNC(Cc1nccn1C)CC1CCCC1. The summed E-state index contributed by atoms with van der Waals surface area (Å²) in [6, 6.07) is 0.606. The van der Waals surface area contributed by atoms with Crippen LogP contribution >= 0.6 is 0 Å². The lowest BCUT2D eigenvalue weighted by atomic mass is 9.96. The van der Waals surface area contributed by atoms with E-state index in [1.165, 1.54) is 44.3 Å². The molecule has 1 heterocycles. The van der Waals surface area contributed by atoms with Gasteiger partial charge in [0.2, 0.25) is 0 Å². The molecule has 3 heteroatoms. The van der Waals surface area contributed by atoms with Gasteiger partial charge in [0.15, 0.2) is 0 Å². The average molecular weight is 249 g/mol. The second-order valence-corrected chi connectivity index (χ2v) is 5.70. The molecule has 102 valence electrons. The fraction of sp³-hybridized carbons (Fsp3) is 0.800. The van der Waals surface area contributed by atoms with E-state index >= 15 is 0 Å². The van der Waals surface area contributed by atoms with Crippen molar-refractivity contribution in [2.45, 2.75) is 57.9 Å². The van der Waals surface area contributed by atoms with Gasteiger partial charge in [0, 0.05) is 31.9 Å². The van der Waals surface area contributed by atoms with Crippen LogP contribution in [0.2, 0.25) is 0 Å². The lowest BCUT2D eigenvalue weighted by molar-refractivity contribution is 0.379. The summed E-state index contributed by atoms with van der Waals surface area (Å²) >= 11 is 0. The molecule has 3 nitrogen and oxygen atoms in total. The van der Waals surface area contributed by atoms with Gasteiger partial charge in [0.25, 0.3) is 0 Å². The first-order chi connectivity index (χ1) is 8.79. The molecule has 1 aliphatic carbocycles.